The average Bonchev–Trinajstić information content (AvgIpc) is 3.13. The molecule has 0 aromatic carbocycles. The SMILES string of the molecule is Cc1ccc(C)n1CCN1CCN(S(=O)(=O)c2cnn(C)c2)CC1. The molecule has 132 valence electrons. The van der Waals surface area contributed by atoms with E-state index in [0.717, 1.165) is 26.2 Å². The van der Waals surface area contributed by atoms with Crippen LogP contribution < -0.4 is 0 Å². The Labute approximate surface area is 143 Å². The van der Waals surface area contributed by atoms with Crippen LogP contribution in [-0.4, -0.2) is 64.7 Å². The Balaban J connectivity index is 1.56. The summed E-state index contributed by atoms with van der Waals surface area (Å²) in [7, 11) is -1.69. The van der Waals surface area contributed by atoms with Gasteiger partial charge in [0.25, 0.3) is 0 Å². The topological polar surface area (TPSA) is 63.4 Å². The number of rotatable bonds is 5. The molecule has 0 unspecified atom stereocenters. The number of sulfonamides is 1. The standard InChI is InChI=1S/C16H25N5O2S/c1-14-4-5-15(2)21(14)11-8-19-6-9-20(10-7-19)24(22,23)16-12-17-18(3)13-16/h4-5,12-13H,6-11H2,1-3H3. The van der Waals surface area contributed by atoms with Crippen LogP contribution in [0.5, 0.6) is 0 Å². The average molecular weight is 351 g/mol. The summed E-state index contributed by atoms with van der Waals surface area (Å²) in [5.74, 6) is 0. The lowest BCUT2D eigenvalue weighted by Crippen LogP contribution is -2.49. The van der Waals surface area contributed by atoms with Crippen LogP contribution in [0.2, 0.25) is 0 Å². The molecule has 0 saturated carbocycles. The molecule has 0 N–H and O–H groups in total. The van der Waals surface area contributed by atoms with E-state index in [4.69, 9.17) is 0 Å². The van der Waals surface area contributed by atoms with Crippen molar-refractivity contribution in [3.05, 3.63) is 35.9 Å². The molecular weight excluding hydrogens is 326 g/mol. The molecule has 2 aromatic rings. The minimum absolute atomic E-state index is 0.275. The first-order valence-corrected chi connectivity index (χ1v) is 9.66. The lowest BCUT2D eigenvalue weighted by molar-refractivity contribution is 0.182. The maximum atomic E-state index is 12.6. The van der Waals surface area contributed by atoms with Gasteiger partial charge in [0.1, 0.15) is 4.90 Å². The van der Waals surface area contributed by atoms with E-state index in [9.17, 15) is 8.42 Å². The first-order valence-electron chi connectivity index (χ1n) is 8.22. The normalized spacial score (nSPS) is 17.5. The quantitative estimate of drug-likeness (QED) is 0.801. The number of hydrogen-bond acceptors (Lipinski definition) is 4. The van der Waals surface area contributed by atoms with Crippen molar-refractivity contribution in [1.29, 1.82) is 0 Å². The van der Waals surface area contributed by atoms with E-state index in [1.165, 1.54) is 22.3 Å². The smallest absolute Gasteiger partial charge is 0.246 e. The van der Waals surface area contributed by atoms with Crippen LogP contribution in [0.1, 0.15) is 11.4 Å². The number of aromatic nitrogens is 3. The number of hydrogen-bond donors (Lipinski definition) is 0. The second kappa shape index (κ2) is 6.70. The van der Waals surface area contributed by atoms with E-state index in [1.807, 2.05) is 0 Å². The highest BCUT2D eigenvalue weighted by atomic mass is 32.2. The Morgan fingerprint density at radius 3 is 2.21 bits per heavy atom. The molecule has 1 fully saturated rings. The van der Waals surface area contributed by atoms with Gasteiger partial charge < -0.3 is 4.57 Å². The van der Waals surface area contributed by atoms with Crippen LogP contribution in [0.15, 0.2) is 29.4 Å². The highest BCUT2D eigenvalue weighted by Gasteiger charge is 2.29. The molecule has 1 aliphatic rings. The van der Waals surface area contributed by atoms with Crippen LogP contribution in [0.4, 0.5) is 0 Å². The lowest BCUT2D eigenvalue weighted by Gasteiger charge is -2.33. The Kier molecular flexibility index (Phi) is 4.80. The molecule has 8 heteroatoms. The van der Waals surface area contributed by atoms with Crippen molar-refractivity contribution in [3.8, 4) is 0 Å². The third-order valence-electron chi connectivity index (χ3n) is 4.71. The molecule has 0 amide bonds. The van der Waals surface area contributed by atoms with E-state index in [1.54, 1.807) is 17.5 Å². The van der Waals surface area contributed by atoms with Gasteiger partial charge in [-0.1, -0.05) is 0 Å². The molecule has 3 heterocycles. The minimum Gasteiger partial charge on any atom is -0.348 e. The fourth-order valence-electron chi connectivity index (χ4n) is 3.17. The Hall–Kier alpha value is -1.64. The van der Waals surface area contributed by atoms with Gasteiger partial charge in [-0.2, -0.15) is 9.40 Å². The van der Waals surface area contributed by atoms with E-state index >= 15 is 0 Å². The Bertz CT molecular complexity index is 781. The van der Waals surface area contributed by atoms with Gasteiger partial charge in [0, 0.05) is 63.9 Å². The van der Waals surface area contributed by atoms with E-state index in [-0.39, 0.29) is 4.90 Å². The summed E-state index contributed by atoms with van der Waals surface area (Å²) in [4.78, 5) is 2.60. The van der Waals surface area contributed by atoms with Crippen molar-refractivity contribution >= 4 is 10.0 Å². The van der Waals surface area contributed by atoms with Crippen molar-refractivity contribution in [3.63, 3.8) is 0 Å². The van der Waals surface area contributed by atoms with Crippen molar-refractivity contribution < 1.29 is 8.42 Å². The van der Waals surface area contributed by atoms with Crippen LogP contribution >= 0.6 is 0 Å². The van der Waals surface area contributed by atoms with E-state index in [2.05, 4.69) is 40.5 Å². The lowest BCUT2D eigenvalue weighted by atomic mass is 10.3. The molecule has 0 atom stereocenters. The maximum absolute atomic E-state index is 12.6. The van der Waals surface area contributed by atoms with Crippen molar-refractivity contribution in [2.75, 3.05) is 32.7 Å². The van der Waals surface area contributed by atoms with Crippen LogP contribution in [-0.2, 0) is 23.6 Å². The van der Waals surface area contributed by atoms with Crippen LogP contribution in [0.3, 0.4) is 0 Å². The Morgan fingerprint density at radius 2 is 1.67 bits per heavy atom. The van der Waals surface area contributed by atoms with Gasteiger partial charge in [-0.3, -0.25) is 9.58 Å². The second-order valence-corrected chi connectivity index (χ2v) is 8.30. The number of aryl methyl sites for hydroxylation is 3. The van der Waals surface area contributed by atoms with Crippen molar-refractivity contribution in [1.82, 2.24) is 23.6 Å². The molecule has 0 aliphatic carbocycles. The van der Waals surface area contributed by atoms with E-state index in [0.29, 0.717) is 13.1 Å². The molecular formula is C16H25N5O2S. The van der Waals surface area contributed by atoms with Gasteiger partial charge in [0.05, 0.1) is 6.20 Å². The molecule has 7 nitrogen and oxygen atoms in total. The maximum Gasteiger partial charge on any atom is 0.246 e. The first-order chi connectivity index (χ1) is 11.4. The van der Waals surface area contributed by atoms with E-state index < -0.39 is 10.0 Å². The first kappa shape index (κ1) is 17.2. The zero-order valence-corrected chi connectivity index (χ0v) is 15.3. The van der Waals surface area contributed by atoms with Crippen molar-refractivity contribution in [2.24, 2.45) is 7.05 Å². The largest absolute Gasteiger partial charge is 0.348 e. The van der Waals surface area contributed by atoms with Crippen LogP contribution in [0, 0.1) is 13.8 Å². The molecule has 1 saturated heterocycles. The van der Waals surface area contributed by atoms with Crippen LogP contribution in [0.25, 0.3) is 0 Å². The van der Waals surface area contributed by atoms with Crippen molar-refractivity contribution in [2.45, 2.75) is 25.3 Å². The monoisotopic (exact) mass is 351 g/mol. The zero-order valence-electron chi connectivity index (χ0n) is 14.5. The molecule has 24 heavy (non-hydrogen) atoms. The van der Waals surface area contributed by atoms with Gasteiger partial charge in [-0.15, -0.1) is 0 Å². The summed E-state index contributed by atoms with van der Waals surface area (Å²) >= 11 is 0. The highest BCUT2D eigenvalue weighted by molar-refractivity contribution is 7.89. The third kappa shape index (κ3) is 3.40. The minimum atomic E-state index is -3.42. The Morgan fingerprint density at radius 1 is 1.04 bits per heavy atom. The number of piperazine rings is 1. The third-order valence-corrected chi connectivity index (χ3v) is 6.56. The predicted octanol–water partition coefficient (Wildman–Crippen LogP) is 0.845. The summed E-state index contributed by atoms with van der Waals surface area (Å²) in [6, 6.07) is 4.27. The summed E-state index contributed by atoms with van der Waals surface area (Å²) in [5.41, 5.74) is 2.54. The van der Waals surface area contributed by atoms with Gasteiger partial charge in [0.15, 0.2) is 0 Å². The summed E-state index contributed by atoms with van der Waals surface area (Å²) in [6.07, 6.45) is 2.97. The number of nitrogens with zero attached hydrogens (tertiary/aromatic N) is 5. The highest BCUT2D eigenvalue weighted by Crippen LogP contribution is 2.17. The molecule has 0 spiro atoms. The van der Waals surface area contributed by atoms with Gasteiger partial charge in [0.2, 0.25) is 10.0 Å². The molecule has 0 bridgehead atoms. The molecule has 1 aliphatic heterocycles. The zero-order chi connectivity index (χ0) is 17.3. The predicted molar refractivity (Wildman–Crippen MR) is 92.3 cm³/mol. The molecule has 0 radical (unpaired) electrons. The van der Waals surface area contributed by atoms with Gasteiger partial charge in [-0.25, -0.2) is 8.42 Å². The van der Waals surface area contributed by atoms with Gasteiger partial charge >= 0.3 is 0 Å². The second-order valence-electron chi connectivity index (χ2n) is 6.36. The molecule has 2 aromatic heterocycles. The fraction of sp³-hybridized carbons (Fsp3) is 0.562. The summed E-state index contributed by atoms with van der Waals surface area (Å²) in [6.45, 7) is 8.70. The fourth-order valence-corrected chi connectivity index (χ4v) is 4.58. The summed E-state index contributed by atoms with van der Waals surface area (Å²) in [5, 5.41) is 3.96. The summed E-state index contributed by atoms with van der Waals surface area (Å²) < 4.78 is 30.6. The molecule has 3 rings (SSSR count). The van der Waals surface area contributed by atoms with Gasteiger partial charge in [-0.05, 0) is 26.0 Å².